The van der Waals surface area contributed by atoms with E-state index in [4.69, 9.17) is 4.42 Å². The van der Waals surface area contributed by atoms with Gasteiger partial charge in [0.1, 0.15) is 12.4 Å². The van der Waals surface area contributed by atoms with Crippen molar-refractivity contribution in [3.05, 3.63) is 24.2 Å². The van der Waals surface area contributed by atoms with E-state index in [0.717, 1.165) is 43.9 Å². The maximum Gasteiger partial charge on any atom is 0.216 e. The van der Waals surface area contributed by atoms with Gasteiger partial charge in [0.15, 0.2) is 11.7 Å². The zero-order valence-corrected chi connectivity index (χ0v) is 19.5. The summed E-state index contributed by atoms with van der Waals surface area (Å²) in [6, 6.07) is 3.92. The van der Waals surface area contributed by atoms with Gasteiger partial charge < -0.3 is 15.1 Å². The molecular weight excluding hydrogens is 491 g/mol. The van der Waals surface area contributed by atoms with E-state index in [0.29, 0.717) is 30.0 Å². The van der Waals surface area contributed by atoms with Gasteiger partial charge in [-0.25, -0.2) is 9.98 Å². The Kier molecular flexibility index (Phi) is 9.42. The Morgan fingerprint density at radius 3 is 3.00 bits per heavy atom. The third-order valence-corrected chi connectivity index (χ3v) is 6.37. The Labute approximate surface area is 185 Å². The predicted molar refractivity (Wildman–Crippen MR) is 122 cm³/mol. The highest BCUT2D eigenvalue weighted by Gasteiger charge is 2.26. The molecule has 0 bridgehead atoms. The second-order valence-corrected chi connectivity index (χ2v) is 8.58. The third kappa shape index (κ3) is 6.29. The predicted octanol–water partition coefficient (Wildman–Crippen LogP) is 2.82. The largest absolute Gasteiger partial charge is 0.461 e. The highest BCUT2D eigenvalue weighted by molar-refractivity contribution is 14.0. The van der Waals surface area contributed by atoms with Crippen LogP contribution in [0, 0.1) is 0 Å². The van der Waals surface area contributed by atoms with Crippen molar-refractivity contribution in [1.29, 1.82) is 0 Å². The molecule has 0 radical (unpaired) electrons. The van der Waals surface area contributed by atoms with Crippen LogP contribution >= 0.6 is 24.0 Å². The van der Waals surface area contributed by atoms with Gasteiger partial charge in [0.05, 0.1) is 6.26 Å². The van der Waals surface area contributed by atoms with Crippen LogP contribution < -0.4 is 10.6 Å². The molecule has 3 unspecified atom stereocenters. The number of aliphatic imine (C=N–C) groups is 1. The Morgan fingerprint density at radius 2 is 2.29 bits per heavy atom. The Balaban J connectivity index is 0.00000280. The van der Waals surface area contributed by atoms with Crippen LogP contribution in [0.3, 0.4) is 0 Å². The number of furan rings is 1. The molecule has 2 aromatic heterocycles. The molecule has 1 saturated carbocycles. The minimum atomic E-state index is -0.731. The molecule has 0 saturated heterocycles. The van der Waals surface area contributed by atoms with Gasteiger partial charge in [-0.3, -0.25) is 9.31 Å². The van der Waals surface area contributed by atoms with Crippen molar-refractivity contribution in [1.82, 2.24) is 25.8 Å². The van der Waals surface area contributed by atoms with Crippen LogP contribution in [0.25, 0.3) is 11.6 Å². The van der Waals surface area contributed by atoms with E-state index in [-0.39, 0.29) is 29.2 Å². The van der Waals surface area contributed by atoms with E-state index < -0.39 is 10.8 Å². The van der Waals surface area contributed by atoms with Gasteiger partial charge >= 0.3 is 0 Å². The van der Waals surface area contributed by atoms with E-state index in [1.54, 1.807) is 12.3 Å². The van der Waals surface area contributed by atoms with Crippen molar-refractivity contribution in [2.75, 3.05) is 12.3 Å². The fourth-order valence-corrected chi connectivity index (χ4v) is 4.65. The highest BCUT2D eigenvalue weighted by Crippen LogP contribution is 2.23. The van der Waals surface area contributed by atoms with Gasteiger partial charge in [-0.2, -0.15) is 0 Å². The van der Waals surface area contributed by atoms with Crippen molar-refractivity contribution < 1.29 is 8.63 Å². The number of hydrogen-bond acceptors (Lipinski definition) is 5. The molecule has 3 rings (SSSR count). The summed E-state index contributed by atoms with van der Waals surface area (Å²) in [5.74, 6) is 3.31. The molecular formula is C18H29IN6O2S. The van der Waals surface area contributed by atoms with Gasteiger partial charge in [-0.05, 0) is 38.3 Å². The zero-order chi connectivity index (χ0) is 19.1. The first-order valence-electron chi connectivity index (χ1n) is 9.56. The lowest BCUT2D eigenvalue weighted by atomic mass is 9.95. The molecule has 1 aliphatic carbocycles. The molecule has 28 heavy (non-hydrogen) atoms. The Hall–Kier alpha value is -1.43. The lowest BCUT2D eigenvalue weighted by Gasteiger charge is -2.30. The number of nitrogens with zero attached hydrogens (tertiary/aromatic N) is 3. The van der Waals surface area contributed by atoms with Crippen LogP contribution in [0.4, 0.5) is 0 Å². The normalized spacial score (nSPS) is 21.0. The van der Waals surface area contributed by atoms with Crippen LogP contribution in [-0.2, 0) is 17.3 Å². The van der Waals surface area contributed by atoms with Gasteiger partial charge in [-0.1, -0.05) is 13.3 Å². The summed E-state index contributed by atoms with van der Waals surface area (Å²) in [5.41, 5.74) is 0. The van der Waals surface area contributed by atoms with E-state index in [1.807, 2.05) is 19.9 Å². The second kappa shape index (κ2) is 11.5. The molecule has 8 nitrogen and oxygen atoms in total. The van der Waals surface area contributed by atoms with Crippen molar-refractivity contribution >= 4 is 40.7 Å². The smallest absolute Gasteiger partial charge is 0.216 e. The highest BCUT2D eigenvalue weighted by atomic mass is 127. The SMILES string of the molecule is CCNC(=NCc1nc(-c2ccco2)n[nH]1)NC1CCCC(S(=O)CC)C1.I. The van der Waals surface area contributed by atoms with Crippen LogP contribution in [0.2, 0.25) is 0 Å². The number of aromatic amines is 1. The first kappa shape index (κ1) is 22.9. The fourth-order valence-electron chi connectivity index (χ4n) is 3.30. The van der Waals surface area contributed by atoms with Crippen LogP contribution in [-0.4, -0.2) is 48.9 Å². The molecule has 0 aromatic carbocycles. The molecule has 2 aromatic rings. The first-order chi connectivity index (χ1) is 13.2. The first-order valence-corrected chi connectivity index (χ1v) is 10.9. The molecule has 156 valence electrons. The number of rotatable bonds is 7. The number of halogens is 1. The molecule has 2 heterocycles. The molecule has 1 fully saturated rings. The summed E-state index contributed by atoms with van der Waals surface area (Å²) >= 11 is 0. The number of hydrogen-bond donors (Lipinski definition) is 3. The zero-order valence-electron chi connectivity index (χ0n) is 16.3. The summed E-state index contributed by atoms with van der Waals surface area (Å²) in [4.78, 5) is 9.03. The van der Waals surface area contributed by atoms with Crippen LogP contribution in [0.1, 0.15) is 45.4 Å². The van der Waals surface area contributed by atoms with Gasteiger partial charge in [0.2, 0.25) is 5.82 Å². The molecule has 0 spiro atoms. The topological polar surface area (TPSA) is 108 Å². The van der Waals surface area contributed by atoms with Crippen molar-refractivity contribution in [3.8, 4) is 11.6 Å². The van der Waals surface area contributed by atoms with Crippen molar-refractivity contribution in [2.24, 2.45) is 4.99 Å². The summed E-state index contributed by atoms with van der Waals surface area (Å²) in [6.07, 6.45) is 5.75. The third-order valence-electron chi connectivity index (χ3n) is 4.63. The monoisotopic (exact) mass is 520 g/mol. The molecule has 3 atom stereocenters. The van der Waals surface area contributed by atoms with E-state index in [1.165, 1.54) is 0 Å². The van der Waals surface area contributed by atoms with Gasteiger partial charge in [0, 0.05) is 34.4 Å². The summed E-state index contributed by atoms with van der Waals surface area (Å²) in [6.45, 7) is 5.19. The van der Waals surface area contributed by atoms with Crippen LogP contribution in [0.15, 0.2) is 27.8 Å². The average Bonchev–Trinajstić information content (AvgIpc) is 3.37. The summed E-state index contributed by atoms with van der Waals surface area (Å²) in [7, 11) is -0.731. The van der Waals surface area contributed by atoms with E-state index in [2.05, 4.69) is 30.8 Å². The van der Waals surface area contributed by atoms with E-state index >= 15 is 0 Å². The number of H-pyrrole nitrogens is 1. The lowest BCUT2D eigenvalue weighted by Crippen LogP contribution is -2.46. The number of aromatic nitrogens is 3. The maximum atomic E-state index is 12.1. The standard InChI is InChI=1S/C18H28N6O2S.HI/c1-3-19-18(21-13-7-5-8-14(11-13)27(25)4-2)20-12-16-22-17(24-23-16)15-9-6-10-26-15;/h6,9-10,13-14H,3-5,7-8,11-12H2,1-2H3,(H2,19,20,21)(H,22,23,24);1H. The van der Waals surface area contributed by atoms with Crippen molar-refractivity contribution in [3.63, 3.8) is 0 Å². The quantitative estimate of drug-likeness (QED) is 0.295. The molecule has 10 heteroatoms. The minimum Gasteiger partial charge on any atom is -0.461 e. The average molecular weight is 520 g/mol. The molecule has 1 aliphatic rings. The summed E-state index contributed by atoms with van der Waals surface area (Å²) in [5, 5.41) is 14.1. The minimum absolute atomic E-state index is 0. The summed E-state index contributed by atoms with van der Waals surface area (Å²) < 4.78 is 17.5. The Bertz CT molecular complexity index is 764. The molecule has 0 amide bonds. The second-order valence-electron chi connectivity index (χ2n) is 6.58. The lowest BCUT2D eigenvalue weighted by molar-refractivity contribution is 0.413. The fraction of sp³-hybridized carbons (Fsp3) is 0.611. The van der Waals surface area contributed by atoms with Gasteiger partial charge in [-0.15, -0.1) is 29.1 Å². The van der Waals surface area contributed by atoms with Crippen molar-refractivity contribution in [2.45, 2.75) is 57.4 Å². The molecule has 0 aliphatic heterocycles. The molecule has 3 N–H and O–H groups in total. The number of nitrogens with one attached hydrogen (secondary N) is 3. The van der Waals surface area contributed by atoms with E-state index in [9.17, 15) is 4.21 Å². The maximum absolute atomic E-state index is 12.1. The number of guanidine groups is 1. The van der Waals surface area contributed by atoms with Crippen LogP contribution in [0.5, 0.6) is 0 Å². The van der Waals surface area contributed by atoms with Gasteiger partial charge in [0.25, 0.3) is 0 Å². The Morgan fingerprint density at radius 1 is 1.43 bits per heavy atom.